The Hall–Kier alpha value is -1.57. The quantitative estimate of drug-likeness (QED) is 0.785. The third-order valence-corrected chi connectivity index (χ3v) is 3.03. The van der Waals surface area contributed by atoms with E-state index < -0.39 is 0 Å². The molecule has 0 bridgehead atoms. The van der Waals surface area contributed by atoms with Gasteiger partial charge in [-0.25, -0.2) is 4.98 Å². The van der Waals surface area contributed by atoms with Crippen molar-refractivity contribution in [2.24, 2.45) is 0 Å². The van der Waals surface area contributed by atoms with Gasteiger partial charge in [0.1, 0.15) is 5.82 Å². The van der Waals surface area contributed by atoms with Crippen molar-refractivity contribution in [3.05, 3.63) is 41.3 Å². The van der Waals surface area contributed by atoms with Gasteiger partial charge in [0.15, 0.2) is 0 Å². The Labute approximate surface area is 103 Å². The monoisotopic (exact) mass is 228 g/mol. The second kappa shape index (κ2) is 4.02. The van der Waals surface area contributed by atoms with Crippen LogP contribution in [0.15, 0.2) is 24.3 Å². The number of aromatic amines is 1. The first-order valence-electron chi connectivity index (χ1n) is 6.02. The Kier molecular flexibility index (Phi) is 2.82. The number of hydrogen-bond acceptors (Lipinski definition) is 1. The number of benzene rings is 1. The Morgan fingerprint density at radius 1 is 1.00 bits per heavy atom. The zero-order valence-electron chi connectivity index (χ0n) is 11.3. The molecule has 2 rings (SSSR count). The SMILES string of the molecule is Cc1nc(-c2ccc(C(C)(C)C)cc2)c(C)[nH]1. The highest BCUT2D eigenvalue weighted by Crippen LogP contribution is 2.26. The van der Waals surface area contributed by atoms with Crippen LogP contribution in [0.4, 0.5) is 0 Å². The van der Waals surface area contributed by atoms with Crippen molar-refractivity contribution in [2.75, 3.05) is 0 Å². The highest BCUT2D eigenvalue weighted by atomic mass is 14.9. The Morgan fingerprint density at radius 3 is 2.00 bits per heavy atom. The molecule has 2 heteroatoms. The normalized spacial score (nSPS) is 11.8. The smallest absolute Gasteiger partial charge is 0.103 e. The van der Waals surface area contributed by atoms with Crippen LogP contribution < -0.4 is 0 Å². The maximum Gasteiger partial charge on any atom is 0.103 e. The van der Waals surface area contributed by atoms with E-state index in [1.807, 2.05) is 6.92 Å². The van der Waals surface area contributed by atoms with Crippen LogP contribution in [0.25, 0.3) is 11.3 Å². The van der Waals surface area contributed by atoms with Crippen molar-refractivity contribution in [1.82, 2.24) is 9.97 Å². The molecule has 1 heterocycles. The fourth-order valence-electron chi connectivity index (χ4n) is 2.02. The highest BCUT2D eigenvalue weighted by molar-refractivity contribution is 5.62. The minimum absolute atomic E-state index is 0.203. The number of imidazole rings is 1. The molecule has 0 aliphatic rings. The molecule has 0 radical (unpaired) electrons. The lowest BCUT2D eigenvalue weighted by Crippen LogP contribution is -2.10. The van der Waals surface area contributed by atoms with Crippen LogP contribution in [0.1, 0.15) is 37.9 Å². The summed E-state index contributed by atoms with van der Waals surface area (Å²) in [4.78, 5) is 7.76. The van der Waals surface area contributed by atoms with E-state index in [1.54, 1.807) is 0 Å². The average molecular weight is 228 g/mol. The van der Waals surface area contributed by atoms with Crippen molar-refractivity contribution in [3.63, 3.8) is 0 Å². The molecule has 1 N–H and O–H groups in total. The van der Waals surface area contributed by atoms with Crippen molar-refractivity contribution >= 4 is 0 Å². The largest absolute Gasteiger partial charge is 0.346 e. The van der Waals surface area contributed by atoms with Crippen LogP contribution in [0, 0.1) is 13.8 Å². The molecule has 0 fully saturated rings. The topological polar surface area (TPSA) is 28.7 Å². The maximum atomic E-state index is 4.52. The van der Waals surface area contributed by atoms with Crippen molar-refractivity contribution in [3.8, 4) is 11.3 Å². The predicted molar refractivity (Wildman–Crippen MR) is 72.2 cm³/mol. The summed E-state index contributed by atoms with van der Waals surface area (Å²) in [7, 11) is 0. The van der Waals surface area contributed by atoms with E-state index in [1.165, 1.54) is 11.1 Å². The first-order valence-corrected chi connectivity index (χ1v) is 6.02. The predicted octanol–water partition coefficient (Wildman–Crippen LogP) is 3.99. The molecule has 1 aromatic carbocycles. The Balaban J connectivity index is 2.39. The van der Waals surface area contributed by atoms with E-state index in [-0.39, 0.29) is 5.41 Å². The number of nitrogens with zero attached hydrogens (tertiary/aromatic N) is 1. The van der Waals surface area contributed by atoms with Gasteiger partial charge in [-0.2, -0.15) is 0 Å². The summed E-state index contributed by atoms with van der Waals surface area (Å²) < 4.78 is 0. The second-order valence-electron chi connectivity index (χ2n) is 5.62. The summed E-state index contributed by atoms with van der Waals surface area (Å²) in [5.74, 6) is 0.970. The summed E-state index contributed by atoms with van der Waals surface area (Å²) in [5.41, 5.74) is 4.93. The van der Waals surface area contributed by atoms with Gasteiger partial charge in [-0.3, -0.25) is 0 Å². The van der Waals surface area contributed by atoms with E-state index >= 15 is 0 Å². The Morgan fingerprint density at radius 2 is 1.59 bits per heavy atom. The van der Waals surface area contributed by atoms with Gasteiger partial charge in [-0.1, -0.05) is 45.0 Å². The van der Waals surface area contributed by atoms with Crippen LogP contribution in [0.5, 0.6) is 0 Å². The van der Waals surface area contributed by atoms with Crippen LogP contribution >= 0.6 is 0 Å². The second-order valence-corrected chi connectivity index (χ2v) is 5.62. The minimum Gasteiger partial charge on any atom is -0.346 e. The van der Waals surface area contributed by atoms with Gasteiger partial charge < -0.3 is 4.98 Å². The first kappa shape index (κ1) is 11.9. The van der Waals surface area contributed by atoms with Gasteiger partial charge in [0, 0.05) is 11.3 Å². The standard InChI is InChI=1S/C15H20N2/c1-10-14(17-11(2)16-10)12-6-8-13(9-7-12)15(3,4)5/h6-9H,1-5H3,(H,16,17). The number of hydrogen-bond donors (Lipinski definition) is 1. The molecule has 0 aliphatic carbocycles. The van der Waals surface area contributed by atoms with Crippen molar-refractivity contribution in [2.45, 2.75) is 40.0 Å². The van der Waals surface area contributed by atoms with Crippen LogP contribution in [0.3, 0.4) is 0 Å². The molecule has 0 saturated heterocycles. The molecule has 0 atom stereocenters. The van der Waals surface area contributed by atoms with Crippen molar-refractivity contribution in [1.29, 1.82) is 0 Å². The lowest BCUT2D eigenvalue weighted by atomic mass is 9.86. The summed E-state index contributed by atoms with van der Waals surface area (Å²) in [5, 5.41) is 0. The van der Waals surface area contributed by atoms with Gasteiger partial charge in [-0.05, 0) is 24.8 Å². The molecular weight excluding hydrogens is 208 g/mol. The molecule has 1 aromatic heterocycles. The molecule has 0 aliphatic heterocycles. The summed E-state index contributed by atoms with van der Waals surface area (Å²) in [6.07, 6.45) is 0. The van der Waals surface area contributed by atoms with Crippen LogP contribution in [-0.2, 0) is 5.41 Å². The molecule has 0 spiro atoms. The lowest BCUT2D eigenvalue weighted by Gasteiger charge is -2.19. The fourth-order valence-corrected chi connectivity index (χ4v) is 2.02. The molecule has 2 nitrogen and oxygen atoms in total. The summed E-state index contributed by atoms with van der Waals surface area (Å²) >= 11 is 0. The molecule has 0 amide bonds. The van der Waals surface area contributed by atoms with Gasteiger partial charge in [-0.15, -0.1) is 0 Å². The maximum absolute atomic E-state index is 4.52. The fraction of sp³-hybridized carbons (Fsp3) is 0.400. The van der Waals surface area contributed by atoms with Crippen molar-refractivity contribution < 1.29 is 0 Å². The van der Waals surface area contributed by atoms with E-state index in [0.717, 1.165) is 17.2 Å². The van der Waals surface area contributed by atoms with E-state index in [2.05, 4.69) is 61.9 Å². The van der Waals surface area contributed by atoms with E-state index in [0.29, 0.717) is 0 Å². The average Bonchev–Trinajstić information content (AvgIpc) is 2.57. The number of rotatable bonds is 1. The van der Waals surface area contributed by atoms with Gasteiger partial charge >= 0.3 is 0 Å². The minimum atomic E-state index is 0.203. The highest BCUT2D eigenvalue weighted by Gasteiger charge is 2.14. The number of aryl methyl sites for hydroxylation is 2. The molecule has 0 saturated carbocycles. The van der Waals surface area contributed by atoms with E-state index in [4.69, 9.17) is 0 Å². The molecule has 2 aromatic rings. The van der Waals surface area contributed by atoms with E-state index in [9.17, 15) is 0 Å². The lowest BCUT2D eigenvalue weighted by molar-refractivity contribution is 0.590. The summed E-state index contributed by atoms with van der Waals surface area (Å²) in [6, 6.07) is 8.70. The van der Waals surface area contributed by atoms with Gasteiger partial charge in [0.2, 0.25) is 0 Å². The zero-order valence-corrected chi connectivity index (χ0v) is 11.3. The number of aromatic nitrogens is 2. The third-order valence-electron chi connectivity index (χ3n) is 3.03. The molecular formula is C15H20N2. The summed E-state index contributed by atoms with van der Waals surface area (Å²) in [6.45, 7) is 10.7. The van der Waals surface area contributed by atoms with Gasteiger partial charge in [0.25, 0.3) is 0 Å². The molecule has 0 unspecified atom stereocenters. The van der Waals surface area contributed by atoms with Crippen LogP contribution in [-0.4, -0.2) is 9.97 Å². The van der Waals surface area contributed by atoms with Gasteiger partial charge in [0.05, 0.1) is 5.69 Å². The van der Waals surface area contributed by atoms with Crippen LogP contribution in [0.2, 0.25) is 0 Å². The first-order chi connectivity index (χ1) is 7.88. The number of H-pyrrole nitrogens is 1. The number of nitrogens with one attached hydrogen (secondary N) is 1. The third kappa shape index (κ3) is 2.41. The molecule has 17 heavy (non-hydrogen) atoms. The molecule has 90 valence electrons. The zero-order chi connectivity index (χ0) is 12.6. The Bertz CT molecular complexity index is 513.